The Morgan fingerprint density at radius 3 is 2.12 bits per heavy atom. The van der Waals surface area contributed by atoms with Gasteiger partial charge in [0, 0.05) is 10.6 Å². The minimum Gasteiger partial charge on any atom is -0.457 e. The topological polar surface area (TPSA) is 122 Å². The lowest BCUT2D eigenvalue weighted by molar-refractivity contribution is -0.128. The Morgan fingerprint density at radius 2 is 1.48 bits per heavy atom. The third kappa shape index (κ3) is 8.98. The maximum absolute atomic E-state index is 13.7. The highest BCUT2D eigenvalue weighted by Crippen LogP contribution is 2.33. The van der Waals surface area contributed by atoms with Crippen LogP contribution < -0.4 is 14.8 Å². The molecule has 0 aliphatic rings. The highest BCUT2D eigenvalue weighted by atomic mass is 35.5. The predicted octanol–water partition coefficient (Wildman–Crippen LogP) is 8.19. The van der Waals surface area contributed by atoms with Crippen LogP contribution >= 0.6 is 11.6 Å². The fourth-order valence-electron chi connectivity index (χ4n) is 5.35. The smallest absolute Gasteiger partial charge is 0.261 e. The molecular formula is C40H39ClN2O6S. The molecule has 0 saturated carbocycles. The number of rotatable bonds is 12. The van der Waals surface area contributed by atoms with Gasteiger partial charge < -0.3 is 15.2 Å². The summed E-state index contributed by atoms with van der Waals surface area (Å²) in [5.41, 5.74) is 3.17. The first-order chi connectivity index (χ1) is 23.7. The fourth-order valence-corrected chi connectivity index (χ4v) is 6.60. The van der Waals surface area contributed by atoms with Crippen molar-refractivity contribution in [2.45, 2.75) is 56.6 Å². The van der Waals surface area contributed by atoms with E-state index in [-0.39, 0.29) is 33.0 Å². The van der Waals surface area contributed by atoms with Crippen LogP contribution in [-0.2, 0) is 26.7 Å². The number of aliphatic hydroxyl groups excluding tert-OH is 1. The highest BCUT2D eigenvalue weighted by molar-refractivity contribution is 7.92. The number of aliphatic hydroxyl groups is 1. The summed E-state index contributed by atoms with van der Waals surface area (Å²) in [4.78, 5) is 26.9. The Bertz CT molecular complexity index is 2080. The van der Waals surface area contributed by atoms with Crippen molar-refractivity contribution < 1.29 is 27.9 Å². The second-order valence-corrected chi connectivity index (χ2v) is 15.1. The van der Waals surface area contributed by atoms with E-state index in [0.29, 0.717) is 11.5 Å². The molecule has 5 rings (SSSR count). The normalized spacial score (nSPS) is 12.8. The zero-order valence-electron chi connectivity index (χ0n) is 28.2. The lowest BCUT2D eigenvalue weighted by Gasteiger charge is -2.21. The molecule has 3 N–H and O–H groups in total. The number of hydrogen-bond donors (Lipinski definition) is 3. The van der Waals surface area contributed by atoms with Crippen LogP contribution in [0, 0.1) is 0 Å². The van der Waals surface area contributed by atoms with Gasteiger partial charge in [0.05, 0.1) is 22.2 Å². The average molecular weight is 711 g/mol. The standard InChI is InChI=1S/C40H39ClN2O6S/c1-26(44)38(45)36(24-27-14-16-28(17-15-27)33-12-8-9-13-37(33)49-31-10-6-5-7-11-31)42-39(46)34-25-30(41)20-23-35(34)43-50(47,48)32-21-18-29(19-22-32)40(2,3)4/h5-23,25-26,36,43-44H,24H2,1-4H3,(H,42,46)/t26?,36-/m0/s1. The molecule has 0 fully saturated rings. The van der Waals surface area contributed by atoms with Crippen molar-refractivity contribution >= 4 is 39.0 Å². The third-order valence-electron chi connectivity index (χ3n) is 8.12. The number of Topliss-reactive ketones (excluding diaryl/α,β-unsaturated/α-hetero) is 1. The summed E-state index contributed by atoms with van der Waals surface area (Å²) in [5.74, 6) is 0.0379. The first kappa shape index (κ1) is 36.3. The van der Waals surface area contributed by atoms with Crippen LogP contribution in [0.15, 0.2) is 126 Å². The van der Waals surface area contributed by atoms with Crippen LogP contribution in [0.2, 0.25) is 5.02 Å². The molecule has 1 unspecified atom stereocenters. The van der Waals surface area contributed by atoms with Crippen molar-refractivity contribution in [3.8, 4) is 22.6 Å². The SMILES string of the molecule is CC(O)C(=O)[C@H](Cc1ccc(-c2ccccc2Oc2ccccc2)cc1)NC(=O)c1cc(Cl)ccc1NS(=O)(=O)c1ccc(C(C)(C)C)cc1. The monoisotopic (exact) mass is 710 g/mol. The van der Waals surface area contributed by atoms with E-state index in [0.717, 1.165) is 22.3 Å². The van der Waals surface area contributed by atoms with E-state index < -0.39 is 33.9 Å². The van der Waals surface area contributed by atoms with Gasteiger partial charge in [-0.05, 0) is 84.0 Å². The van der Waals surface area contributed by atoms with E-state index in [9.17, 15) is 23.1 Å². The number of carbonyl (C=O) groups is 2. The van der Waals surface area contributed by atoms with E-state index in [1.54, 1.807) is 12.1 Å². The summed E-state index contributed by atoms with van der Waals surface area (Å²) >= 11 is 6.24. The van der Waals surface area contributed by atoms with Crippen LogP contribution in [0.25, 0.3) is 11.1 Å². The van der Waals surface area contributed by atoms with Gasteiger partial charge in [0.2, 0.25) is 0 Å². The summed E-state index contributed by atoms with van der Waals surface area (Å²) in [6.45, 7) is 7.42. The van der Waals surface area contributed by atoms with Crippen molar-refractivity contribution in [1.29, 1.82) is 0 Å². The summed E-state index contributed by atoms with van der Waals surface area (Å²) in [6.07, 6.45) is -1.30. The molecule has 0 spiro atoms. The molecule has 0 aromatic heterocycles. The lowest BCUT2D eigenvalue weighted by atomic mass is 9.87. The lowest BCUT2D eigenvalue weighted by Crippen LogP contribution is -2.46. The average Bonchev–Trinajstić information content (AvgIpc) is 3.09. The van der Waals surface area contributed by atoms with Gasteiger partial charge in [0.1, 0.15) is 17.6 Å². The van der Waals surface area contributed by atoms with Gasteiger partial charge in [-0.2, -0.15) is 0 Å². The third-order valence-corrected chi connectivity index (χ3v) is 9.74. The quantitative estimate of drug-likeness (QED) is 0.120. The van der Waals surface area contributed by atoms with E-state index in [4.69, 9.17) is 16.3 Å². The van der Waals surface area contributed by atoms with Gasteiger partial charge in [-0.15, -0.1) is 0 Å². The van der Waals surface area contributed by atoms with E-state index in [1.165, 1.54) is 37.3 Å². The maximum Gasteiger partial charge on any atom is 0.261 e. The minimum atomic E-state index is -4.09. The Kier molecular flexibility index (Phi) is 11.1. The number of hydrogen-bond acceptors (Lipinski definition) is 6. The molecule has 0 bridgehead atoms. The first-order valence-electron chi connectivity index (χ1n) is 16.1. The van der Waals surface area contributed by atoms with Crippen LogP contribution in [0.3, 0.4) is 0 Å². The predicted molar refractivity (Wildman–Crippen MR) is 197 cm³/mol. The Morgan fingerprint density at radius 1 is 0.840 bits per heavy atom. The largest absolute Gasteiger partial charge is 0.457 e. The number of sulfonamides is 1. The molecule has 0 aliphatic carbocycles. The molecule has 2 atom stereocenters. The van der Waals surface area contributed by atoms with Gasteiger partial charge in [0.25, 0.3) is 15.9 Å². The van der Waals surface area contributed by atoms with Crippen molar-refractivity contribution in [1.82, 2.24) is 5.32 Å². The summed E-state index contributed by atoms with van der Waals surface area (Å²) in [5, 5.41) is 13.1. The number of benzene rings is 5. The van der Waals surface area contributed by atoms with Crippen molar-refractivity contribution in [2.24, 2.45) is 0 Å². The number of ether oxygens (including phenoxy) is 1. The van der Waals surface area contributed by atoms with Crippen LogP contribution in [0.5, 0.6) is 11.5 Å². The van der Waals surface area contributed by atoms with Crippen LogP contribution in [0.4, 0.5) is 5.69 Å². The zero-order chi connectivity index (χ0) is 36.1. The number of halogens is 1. The molecule has 1 amide bonds. The van der Waals surface area contributed by atoms with Crippen molar-refractivity contribution in [2.75, 3.05) is 4.72 Å². The van der Waals surface area contributed by atoms with E-state index in [1.807, 2.05) is 99.6 Å². The number of amides is 1. The summed E-state index contributed by atoms with van der Waals surface area (Å²) in [6, 6.07) is 34.1. The van der Waals surface area contributed by atoms with Gasteiger partial charge in [-0.1, -0.05) is 105 Å². The van der Waals surface area contributed by atoms with Gasteiger partial charge in [-0.25, -0.2) is 8.42 Å². The van der Waals surface area contributed by atoms with Gasteiger partial charge in [-0.3, -0.25) is 14.3 Å². The summed E-state index contributed by atoms with van der Waals surface area (Å²) in [7, 11) is -4.09. The maximum atomic E-state index is 13.7. The highest BCUT2D eigenvalue weighted by Gasteiger charge is 2.27. The van der Waals surface area contributed by atoms with Crippen molar-refractivity contribution in [3.63, 3.8) is 0 Å². The second-order valence-electron chi connectivity index (χ2n) is 13.0. The summed E-state index contributed by atoms with van der Waals surface area (Å²) < 4.78 is 35.3. The Labute approximate surface area is 298 Å². The molecule has 258 valence electrons. The molecule has 0 aliphatic heterocycles. The minimum absolute atomic E-state index is 0.0178. The van der Waals surface area contributed by atoms with Crippen LogP contribution in [0.1, 0.15) is 49.2 Å². The Hall–Kier alpha value is -4.96. The van der Waals surface area contributed by atoms with E-state index >= 15 is 0 Å². The molecule has 0 radical (unpaired) electrons. The molecule has 5 aromatic rings. The fraction of sp³-hybridized carbons (Fsp3) is 0.200. The second kappa shape index (κ2) is 15.3. The van der Waals surface area contributed by atoms with Crippen molar-refractivity contribution in [3.05, 3.63) is 143 Å². The number of para-hydroxylation sites is 2. The number of carbonyl (C=O) groups excluding carboxylic acids is 2. The van der Waals surface area contributed by atoms with Gasteiger partial charge >= 0.3 is 0 Å². The molecule has 0 heterocycles. The molecular weight excluding hydrogens is 672 g/mol. The Balaban J connectivity index is 1.36. The molecule has 5 aromatic carbocycles. The van der Waals surface area contributed by atoms with Crippen LogP contribution in [-0.4, -0.2) is 37.4 Å². The van der Waals surface area contributed by atoms with Gasteiger partial charge in [0.15, 0.2) is 5.78 Å². The molecule has 8 nitrogen and oxygen atoms in total. The zero-order valence-corrected chi connectivity index (χ0v) is 29.8. The number of anilines is 1. The molecule has 10 heteroatoms. The molecule has 0 saturated heterocycles. The molecule has 50 heavy (non-hydrogen) atoms. The first-order valence-corrected chi connectivity index (χ1v) is 17.9. The number of ketones is 1. The van der Waals surface area contributed by atoms with E-state index in [2.05, 4.69) is 10.0 Å². The number of nitrogens with one attached hydrogen (secondary N) is 2.